The maximum atomic E-state index is 13.0. The molecule has 0 spiro atoms. The molecule has 0 unspecified atom stereocenters. The Kier molecular flexibility index (Phi) is 6.20. The van der Waals surface area contributed by atoms with E-state index in [1.165, 1.54) is 0 Å². The second-order valence-electron chi connectivity index (χ2n) is 9.12. The molecular formula is C32H25N5O. The number of nitrogens with one attached hydrogen (secondary N) is 2. The number of aromatic nitrogens is 2. The maximum absolute atomic E-state index is 13.0. The first kappa shape index (κ1) is 23.3. The second-order valence-corrected chi connectivity index (χ2v) is 9.12. The van der Waals surface area contributed by atoms with E-state index in [-0.39, 0.29) is 5.91 Å². The highest BCUT2D eigenvalue weighted by Gasteiger charge is 2.12. The van der Waals surface area contributed by atoms with Gasteiger partial charge in [0, 0.05) is 34.1 Å². The molecule has 0 bridgehead atoms. The monoisotopic (exact) mass is 495 g/mol. The fourth-order valence-electron chi connectivity index (χ4n) is 4.46. The Balaban J connectivity index is 1.22. The lowest BCUT2D eigenvalue weighted by Crippen LogP contribution is -2.13. The minimum atomic E-state index is -0.167. The number of allylic oxidation sites excluding steroid dienone is 1. The van der Waals surface area contributed by atoms with Crippen molar-refractivity contribution in [3.05, 3.63) is 120 Å². The van der Waals surface area contributed by atoms with Crippen molar-refractivity contribution in [2.75, 3.05) is 17.2 Å². The zero-order chi connectivity index (χ0) is 25.9. The molecule has 1 aliphatic rings. The van der Waals surface area contributed by atoms with Gasteiger partial charge < -0.3 is 10.6 Å². The number of anilines is 3. The van der Waals surface area contributed by atoms with Crippen LogP contribution >= 0.6 is 0 Å². The van der Waals surface area contributed by atoms with Crippen molar-refractivity contribution < 1.29 is 4.79 Å². The second kappa shape index (κ2) is 10.1. The molecule has 6 heteroatoms. The molecule has 1 aromatic heterocycles. The van der Waals surface area contributed by atoms with E-state index in [1.54, 1.807) is 12.1 Å². The lowest BCUT2D eigenvalue weighted by Gasteiger charge is -2.12. The van der Waals surface area contributed by atoms with Gasteiger partial charge in [-0.1, -0.05) is 66.7 Å². The summed E-state index contributed by atoms with van der Waals surface area (Å²) < 4.78 is 0. The summed E-state index contributed by atoms with van der Waals surface area (Å²) in [7, 11) is 0. The van der Waals surface area contributed by atoms with Crippen LogP contribution in [-0.2, 0) is 0 Å². The van der Waals surface area contributed by atoms with E-state index in [1.807, 2.05) is 98.1 Å². The summed E-state index contributed by atoms with van der Waals surface area (Å²) >= 11 is 0. The molecule has 0 radical (unpaired) electrons. The average Bonchev–Trinajstić information content (AvgIpc) is 3.50. The molecule has 6 rings (SSSR count). The summed E-state index contributed by atoms with van der Waals surface area (Å²) in [5, 5.41) is 7.34. The van der Waals surface area contributed by atoms with Crippen molar-refractivity contribution in [3.63, 3.8) is 0 Å². The van der Waals surface area contributed by atoms with E-state index in [9.17, 15) is 4.79 Å². The van der Waals surface area contributed by atoms with E-state index in [4.69, 9.17) is 9.97 Å². The van der Waals surface area contributed by atoms with Crippen LogP contribution in [0.25, 0.3) is 27.7 Å². The fraction of sp³-hybridized carbons (Fsp3) is 0.0625. The first-order chi connectivity index (χ1) is 18.6. The number of hydrogen-bond donors (Lipinski definition) is 2. The van der Waals surface area contributed by atoms with Gasteiger partial charge in [-0.3, -0.25) is 9.79 Å². The quantitative estimate of drug-likeness (QED) is 0.264. The van der Waals surface area contributed by atoms with E-state index in [0.29, 0.717) is 18.1 Å². The van der Waals surface area contributed by atoms with Crippen LogP contribution in [0.4, 0.5) is 17.3 Å². The van der Waals surface area contributed by atoms with Crippen molar-refractivity contribution >= 4 is 45.9 Å². The number of carbonyl (C=O) groups excluding carboxylic acids is 1. The number of rotatable bonds is 6. The van der Waals surface area contributed by atoms with E-state index in [2.05, 4.69) is 21.7 Å². The van der Waals surface area contributed by atoms with E-state index < -0.39 is 0 Å². The van der Waals surface area contributed by atoms with Gasteiger partial charge in [0.25, 0.3) is 5.91 Å². The Morgan fingerprint density at radius 3 is 2.39 bits per heavy atom. The molecular weight excluding hydrogens is 470 g/mol. The minimum absolute atomic E-state index is 0.167. The summed E-state index contributed by atoms with van der Waals surface area (Å²) in [6.45, 7) is 2.68. The normalized spacial score (nSPS) is 12.4. The number of aliphatic imine (C=N–C) groups is 1. The predicted octanol–water partition coefficient (Wildman–Crippen LogP) is 7.07. The number of carbonyl (C=O) groups is 1. The van der Waals surface area contributed by atoms with Crippen molar-refractivity contribution in [1.29, 1.82) is 0 Å². The van der Waals surface area contributed by atoms with Gasteiger partial charge in [0.2, 0.25) is 5.95 Å². The molecule has 6 nitrogen and oxygen atoms in total. The Morgan fingerprint density at radius 2 is 1.61 bits per heavy atom. The third kappa shape index (κ3) is 4.80. The number of para-hydroxylation sites is 1. The molecule has 38 heavy (non-hydrogen) atoms. The van der Waals surface area contributed by atoms with Crippen LogP contribution in [0, 0.1) is 6.92 Å². The molecule has 4 aromatic carbocycles. The van der Waals surface area contributed by atoms with Crippen LogP contribution in [-0.4, -0.2) is 28.6 Å². The number of aryl methyl sites for hydroxylation is 1. The Bertz CT molecular complexity index is 1710. The van der Waals surface area contributed by atoms with Gasteiger partial charge in [0.05, 0.1) is 17.8 Å². The standard InChI is InChI=1S/C32H25N5O/c1-21-11-12-24(25-17-18-33-20-25)19-29(21)35-31(38)23-13-15-26(16-14-23)34-32-36-28-10-6-5-9-27(28)30(37-32)22-7-3-2-4-8-22/h2-17,19-20H,18H2,1H3,(H,35,38)(H,34,36,37). The number of nitrogens with zero attached hydrogens (tertiary/aromatic N) is 3. The van der Waals surface area contributed by atoms with Gasteiger partial charge >= 0.3 is 0 Å². The van der Waals surface area contributed by atoms with Crippen LogP contribution in [0.15, 0.2) is 108 Å². The molecule has 0 fully saturated rings. The highest BCUT2D eigenvalue weighted by atomic mass is 16.1. The number of fused-ring (bicyclic) bond motifs is 1. The van der Waals surface area contributed by atoms with Crippen LogP contribution in [0.2, 0.25) is 0 Å². The summed E-state index contributed by atoms with van der Waals surface area (Å²) in [4.78, 5) is 26.8. The fourth-order valence-corrected chi connectivity index (χ4v) is 4.46. The zero-order valence-electron chi connectivity index (χ0n) is 20.8. The lowest BCUT2D eigenvalue weighted by atomic mass is 10.0. The third-order valence-corrected chi connectivity index (χ3v) is 6.52. The molecule has 184 valence electrons. The molecule has 0 atom stereocenters. The first-order valence-corrected chi connectivity index (χ1v) is 12.5. The maximum Gasteiger partial charge on any atom is 0.255 e. The molecule has 5 aromatic rings. The van der Waals surface area contributed by atoms with E-state index >= 15 is 0 Å². The summed E-state index contributed by atoms with van der Waals surface area (Å²) in [6.07, 6.45) is 3.94. The van der Waals surface area contributed by atoms with Gasteiger partial charge in [-0.2, -0.15) is 0 Å². The van der Waals surface area contributed by atoms with Crippen molar-refractivity contribution in [2.45, 2.75) is 6.92 Å². The highest BCUT2D eigenvalue weighted by molar-refractivity contribution is 6.12. The highest BCUT2D eigenvalue weighted by Crippen LogP contribution is 2.28. The lowest BCUT2D eigenvalue weighted by molar-refractivity contribution is 0.102. The Hall–Kier alpha value is -5.10. The molecule has 1 aliphatic heterocycles. The zero-order valence-corrected chi connectivity index (χ0v) is 20.8. The molecule has 2 N–H and O–H groups in total. The third-order valence-electron chi connectivity index (χ3n) is 6.52. The predicted molar refractivity (Wildman–Crippen MR) is 155 cm³/mol. The van der Waals surface area contributed by atoms with Crippen LogP contribution in [0.5, 0.6) is 0 Å². The molecule has 0 aliphatic carbocycles. The van der Waals surface area contributed by atoms with Gasteiger partial charge in [0.1, 0.15) is 0 Å². The Morgan fingerprint density at radius 1 is 0.816 bits per heavy atom. The summed E-state index contributed by atoms with van der Waals surface area (Å²) in [6, 6.07) is 31.4. The van der Waals surface area contributed by atoms with Crippen molar-refractivity contribution in [1.82, 2.24) is 9.97 Å². The number of benzene rings is 4. The van der Waals surface area contributed by atoms with Gasteiger partial charge in [-0.05, 0) is 60.0 Å². The van der Waals surface area contributed by atoms with Crippen LogP contribution in [0.1, 0.15) is 21.5 Å². The molecule has 0 saturated carbocycles. The first-order valence-electron chi connectivity index (χ1n) is 12.5. The van der Waals surface area contributed by atoms with Gasteiger partial charge in [-0.15, -0.1) is 0 Å². The van der Waals surface area contributed by atoms with Gasteiger partial charge in [0.15, 0.2) is 0 Å². The molecule has 0 saturated heterocycles. The summed E-state index contributed by atoms with van der Waals surface area (Å²) in [5.74, 6) is 0.330. The van der Waals surface area contributed by atoms with E-state index in [0.717, 1.165) is 50.2 Å². The van der Waals surface area contributed by atoms with Crippen LogP contribution in [0.3, 0.4) is 0 Å². The Labute approximate surface area is 220 Å². The smallest absolute Gasteiger partial charge is 0.255 e. The summed E-state index contributed by atoms with van der Waals surface area (Å²) in [5.41, 5.74) is 8.00. The number of amides is 1. The van der Waals surface area contributed by atoms with Gasteiger partial charge in [-0.25, -0.2) is 9.97 Å². The topological polar surface area (TPSA) is 79.3 Å². The SMILES string of the molecule is Cc1ccc(C2=CCN=C2)cc1NC(=O)c1ccc(Nc2nc(-c3ccccc3)c3ccccc3n2)cc1. The number of hydrogen-bond acceptors (Lipinski definition) is 5. The van der Waals surface area contributed by atoms with Crippen LogP contribution < -0.4 is 10.6 Å². The van der Waals surface area contributed by atoms with Crippen molar-refractivity contribution in [2.24, 2.45) is 4.99 Å². The average molecular weight is 496 g/mol. The largest absolute Gasteiger partial charge is 0.324 e. The van der Waals surface area contributed by atoms with Crippen molar-refractivity contribution in [3.8, 4) is 11.3 Å². The molecule has 2 heterocycles. The minimum Gasteiger partial charge on any atom is -0.324 e. The molecule has 1 amide bonds.